The van der Waals surface area contributed by atoms with Crippen molar-refractivity contribution in [3.05, 3.63) is 54.4 Å². The molecule has 3 rings (SSSR count). The van der Waals surface area contributed by atoms with E-state index in [2.05, 4.69) is 10.1 Å². The van der Waals surface area contributed by atoms with Crippen molar-refractivity contribution < 1.29 is 14.3 Å². The van der Waals surface area contributed by atoms with E-state index in [0.29, 0.717) is 23.0 Å². The molecule has 6 heteroatoms. The van der Waals surface area contributed by atoms with Crippen LogP contribution >= 0.6 is 0 Å². The number of pyridine rings is 1. The van der Waals surface area contributed by atoms with Crippen LogP contribution in [0.25, 0.3) is 0 Å². The Labute approximate surface area is 121 Å². The average molecular weight is 283 g/mol. The van der Waals surface area contributed by atoms with Crippen LogP contribution in [0.1, 0.15) is 5.69 Å². The lowest BCUT2D eigenvalue weighted by Gasteiger charge is -2.24. The van der Waals surface area contributed by atoms with Gasteiger partial charge in [0, 0.05) is 6.20 Å². The summed E-state index contributed by atoms with van der Waals surface area (Å²) in [5.41, 5.74) is 1.15. The lowest BCUT2D eigenvalue weighted by Crippen LogP contribution is -2.37. The first-order chi connectivity index (χ1) is 10.3. The summed E-state index contributed by atoms with van der Waals surface area (Å²) < 4.78 is 10.6. The molecule has 0 aliphatic carbocycles. The van der Waals surface area contributed by atoms with Gasteiger partial charge in [0.05, 0.1) is 7.11 Å². The molecule has 21 heavy (non-hydrogen) atoms. The van der Waals surface area contributed by atoms with Crippen molar-refractivity contribution in [1.82, 2.24) is 4.98 Å². The van der Waals surface area contributed by atoms with Gasteiger partial charge in [0.15, 0.2) is 6.61 Å². The van der Waals surface area contributed by atoms with Crippen LogP contribution in [0, 0.1) is 0 Å². The maximum Gasteiger partial charge on any atom is 0.285 e. The predicted molar refractivity (Wildman–Crippen MR) is 77.2 cm³/mol. The standard InChI is InChI=1S/C15H13N3O3/c1-20-13-8-3-2-7-12(13)18-14(19)10-21-15(17-18)11-6-4-5-9-16-11/h2-9H,10H2,1H3. The van der Waals surface area contributed by atoms with Crippen LogP contribution in [-0.2, 0) is 9.53 Å². The SMILES string of the molecule is COc1ccccc1N1N=C(c2ccccn2)OCC1=O. The van der Waals surface area contributed by atoms with Crippen molar-refractivity contribution in [3.8, 4) is 5.75 Å². The first-order valence-electron chi connectivity index (χ1n) is 6.38. The Bertz CT molecular complexity index is 686. The van der Waals surface area contributed by atoms with E-state index >= 15 is 0 Å². The molecule has 1 amide bonds. The second-order valence-electron chi connectivity index (χ2n) is 4.29. The molecule has 1 aliphatic rings. The zero-order chi connectivity index (χ0) is 14.7. The summed E-state index contributed by atoms with van der Waals surface area (Å²) in [4.78, 5) is 16.2. The highest BCUT2D eigenvalue weighted by atomic mass is 16.5. The van der Waals surface area contributed by atoms with Gasteiger partial charge in [-0.3, -0.25) is 9.78 Å². The number of rotatable bonds is 3. The number of ether oxygens (including phenoxy) is 2. The maximum atomic E-state index is 12.1. The predicted octanol–water partition coefficient (Wildman–Crippen LogP) is 1.82. The van der Waals surface area contributed by atoms with E-state index < -0.39 is 0 Å². The van der Waals surface area contributed by atoms with Crippen molar-refractivity contribution in [2.24, 2.45) is 5.10 Å². The summed E-state index contributed by atoms with van der Waals surface area (Å²) in [7, 11) is 1.55. The normalized spacial score (nSPS) is 14.4. The van der Waals surface area contributed by atoms with Crippen molar-refractivity contribution in [1.29, 1.82) is 0 Å². The molecule has 0 saturated heterocycles. The van der Waals surface area contributed by atoms with Crippen LogP contribution in [0.3, 0.4) is 0 Å². The molecule has 0 spiro atoms. The Morgan fingerprint density at radius 3 is 2.76 bits per heavy atom. The third-order valence-corrected chi connectivity index (χ3v) is 2.96. The molecule has 1 aliphatic heterocycles. The first-order valence-corrected chi connectivity index (χ1v) is 6.38. The summed E-state index contributed by atoms with van der Waals surface area (Å²) in [5, 5.41) is 5.53. The van der Waals surface area contributed by atoms with Crippen molar-refractivity contribution >= 4 is 17.5 Å². The van der Waals surface area contributed by atoms with Gasteiger partial charge in [-0.2, -0.15) is 5.01 Å². The van der Waals surface area contributed by atoms with Gasteiger partial charge in [-0.05, 0) is 24.3 Å². The topological polar surface area (TPSA) is 64.0 Å². The van der Waals surface area contributed by atoms with Crippen molar-refractivity contribution in [2.75, 3.05) is 18.7 Å². The van der Waals surface area contributed by atoms with Gasteiger partial charge in [-0.1, -0.05) is 18.2 Å². The number of amides is 1. The molecule has 0 N–H and O–H groups in total. The van der Waals surface area contributed by atoms with E-state index in [1.807, 2.05) is 18.2 Å². The van der Waals surface area contributed by atoms with Crippen molar-refractivity contribution in [2.45, 2.75) is 0 Å². The summed E-state index contributed by atoms with van der Waals surface area (Å²) >= 11 is 0. The number of methoxy groups -OCH3 is 1. The van der Waals surface area contributed by atoms with Gasteiger partial charge < -0.3 is 9.47 Å². The number of anilines is 1. The Morgan fingerprint density at radius 1 is 1.19 bits per heavy atom. The number of hydrazone groups is 1. The smallest absolute Gasteiger partial charge is 0.285 e. The number of hydrogen-bond donors (Lipinski definition) is 0. The number of carbonyl (C=O) groups excluding carboxylic acids is 1. The van der Waals surface area contributed by atoms with Gasteiger partial charge in [0.25, 0.3) is 11.8 Å². The molecule has 0 radical (unpaired) electrons. The fourth-order valence-corrected chi connectivity index (χ4v) is 1.97. The molecular weight excluding hydrogens is 270 g/mol. The van der Waals surface area contributed by atoms with Gasteiger partial charge in [-0.25, -0.2) is 0 Å². The van der Waals surface area contributed by atoms with Crippen LogP contribution in [0.4, 0.5) is 5.69 Å². The third-order valence-electron chi connectivity index (χ3n) is 2.96. The molecule has 106 valence electrons. The van der Waals surface area contributed by atoms with Crippen LogP contribution in [0.2, 0.25) is 0 Å². The number of hydrogen-bond acceptors (Lipinski definition) is 5. The zero-order valence-corrected chi connectivity index (χ0v) is 11.4. The molecule has 2 aromatic rings. The Hall–Kier alpha value is -2.89. The summed E-state index contributed by atoms with van der Waals surface area (Å²) in [6, 6.07) is 12.6. The molecule has 0 saturated carbocycles. The molecular formula is C15H13N3O3. The van der Waals surface area contributed by atoms with E-state index in [9.17, 15) is 4.79 Å². The van der Waals surface area contributed by atoms with Crippen LogP contribution in [-0.4, -0.2) is 30.5 Å². The maximum absolute atomic E-state index is 12.1. The van der Waals surface area contributed by atoms with E-state index in [1.54, 1.807) is 37.6 Å². The third kappa shape index (κ3) is 2.55. The van der Waals surface area contributed by atoms with Gasteiger partial charge in [0.1, 0.15) is 17.1 Å². The highest BCUT2D eigenvalue weighted by molar-refractivity contribution is 6.04. The van der Waals surface area contributed by atoms with E-state index in [4.69, 9.17) is 9.47 Å². The molecule has 1 aromatic heterocycles. The van der Waals surface area contributed by atoms with E-state index in [1.165, 1.54) is 5.01 Å². The molecule has 1 aromatic carbocycles. The molecule has 2 heterocycles. The quantitative estimate of drug-likeness (QED) is 0.862. The Kier molecular flexibility index (Phi) is 3.51. The second-order valence-corrected chi connectivity index (χ2v) is 4.29. The van der Waals surface area contributed by atoms with Gasteiger partial charge in [-0.15, -0.1) is 5.10 Å². The Balaban J connectivity index is 2.02. The largest absolute Gasteiger partial charge is 0.494 e. The van der Waals surface area contributed by atoms with E-state index in [-0.39, 0.29) is 12.5 Å². The summed E-state index contributed by atoms with van der Waals surface area (Å²) in [6.07, 6.45) is 1.64. The molecule has 0 bridgehead atoms. The molecule has 6 nitrogen and oxygen atoms in total. The number of para-hydroxylation sites is 2. The zero-order valence-electron chi connectivity index (χ0n) is 11.4. The highest BCUT2D eigenvalue weighted by Crippen LogP contribution is 2.29. The highest BCUT2D eigenvalue weighted by Gasteiger charge is 2.26. The average Bonchev–Trinajstić information content (AvgIpc) is 2.56. The fourth-order valence-electron chi connectivity index (χ4n) is 1.97. The minimum absolute atomic E-state index is 0.0898. The lowest BCUT2D eigenvalue weighted by molar-refractivity contribution is -0.121. The summed E-state index contributed by atoms with van der Waals surface area (Å²) in [6.45, 7) is -0.0898. The number of carbonyl (C=O) groups is 1. The van der Waals surface area contributed by atoms with Crippen LogP contribution in [0.5, 0.6) is 5.75 Å². The molecule has 0 fully saturated rings. The number of nitrogens with zero attached hydrogens (tertiary/aromatic N) is 3. The number of aromatic nitrogens is 1. The Morgan fingerprint density at radius 2 is 2.00 bits per heavy atom. The molecule has 0 unspecified atom stereocenters. The number of benzene rings is 1. The monoisotopic (exact) mass is 283 g/mol. The van der Waals surface area contributed by atoms with E-state index in [0.717, 1.165) is 0 Å². The van der Waals surface area contributed by atoms with Gasteiger partial charge in [0.2, 0.25) is 0 Å². The minimum atomic E-state index is -0.265. The first kappa shape index (κ1) is 13.1. The second kappa shape index (κ2) is 5.62. The van der Waals surface area contributed by atoms with Crippen LogP contribution in [0.15, 0.2) is 53.8 Å². The lowest BCUT2D eigenvalue weighted by atomic mass is 10.2. The van der Waals surface area contributed by atoms with Gasteiger partial charge >= 0.3 is 0 Å². The fraction of sp³-hybridized carbons (Fsp3) is 0.133. The summed E-state index contributed by atoms with van der Waals surface area (Å²) in [5.74, 6) is 0.608. The minimum Gasteiger partial charge on any atom is -0.494 e. The van der Waals surface area contributed by atoms with Crippen molar-refractivity contribution in [3.63, 3.8) is 0 Å². The van der Waals surface area contributed by atoms with Crippen LogP contribution < -0.4 is 9.75 Å². The molecule has 0 atom stereocenters.